The van der Waals surface area contributed by atoms with Gasteiger partial charge in [-0.2, -0.15) is 0 Å². The van der Waals surface area contributed by atoms with Gasteiger partial charge in [-0.1, -0.05) is 6.07 Å². The van der Waals surface area contributed by atoms with Crippen LogP contribution in [0.5, 0.6) is 5.88 Å². The molecule has 0 saturated carbocycles. The van der Waals surface area contributed by atoms with Gasteiger partial charge in [0.15, 0.2) is 9.84 Å². The number of hydrogen-bond donors (Lipinski definition) is 1. The van der Waals surface area contributed by atoms with E-state index in [4.69, 9.17) is 4.74 Å². The number of pyridine rings is 1. The molecule has 1 unspecified atom stereocenters. The topological polar surface area (TPSA) is 68.3 Å². The number of methoxy groups -OCH3 is 1. The molecule has 2 heterocycles. The fourth-order valence-electron chi connectivity index (χ4n) is 2.20. The molecule has 1 aliphatic heterocycles. The first kappa shape index (κ1) is 13.3. The van der Waals surface area contributed by atoms with Crippen LogP contribution in [0, 0.1) is 0 Å². The van der Waals surface area contributed by atoms with E-state index < -0.39 is 9.84 Å². The highest BCUT2D eigenvalue weighted by Gasteiger charge is 2.37. The zero-order valence-electron chi connectivity index (χ0n) is 10.6. The average molecular weight is 270 g/mol. The van der Waals surface area contributed by atoms with Crippen molar-refractivity contribution in [1.29, 1.82) is 0 Å². The summed E-state index contributed by atoms with van der Waals surface area (Å²) < 4.78 is 28.2. The van der Waals surface area contributed by atoms with Gasteiger partial charge in [-0.05, 0) is 19.4 Å². The van der Waals surface area contributed by atoms with Gasteiger partial charge in [0.05, 0.1) is 18.6 Å². The molecular weight excluding hydrogens is 252 g/mol. The number of ether oxygens (including phenoxy) is 1. The molecule has 1 aliphatic rings. The Kier molecular flexibility index (Phi) is 3.59. The molecule has 2 rings (SSSR count). The lowest BCUT2D eigenvalue weighted by molar-refractivity contribution is 0.370. The molecule has 1 aromatic rings. The lowest BCUT2D eigenvalue weighted by Crippen LogP contribution is -2.42. The Morgan fingerprint density at radius 1 is 1.56 bits per heavy atom. The van der Waals surface area contributed by atoms with Crippen LogP contribution in [0.2, 0.25) is 0 Å². The van der Waals surface area contributed by atoms with Crippen molar-refractivity contribution < 1.29 is 13.2 Å². The largest absolute Gasteiger partial charge is 0.481 e. The number of sulfone groups is 1. The van der Waals surface area contributed by atoms with Gasteiger partial charge in [0.25, 0.3) is 0 Å². The van der Waals surface area contributed by atoms with Gasteiger partial charge in [-0.3, -0.25) is 0 Å². The third kappa shape index (κ3) is 3.00. The zero-order chi connectivity index (χ0) is 13.2. The summed E-state index contributed by atoms with van der Waals surface area (Å²) in [4.78, 5) is 4.11. The van der Waals surface area contributed by atoms with Crippen LogP contribution < -0.4 is 10.1 Å². The minimum Gasteiger partial charge on any atom is -0.481 e. The SMILES string of the molecule is COc1ncccc1CNC1(C)CCS(=O)(=O)C1. The van der Waals surface area contributed by atoms with Gasteiger partial charge in [0, 0.05) is 23.8 Å². The normalized spacial score (nSPS) is 26.1. The summed E-state index contributed by atoms with van der Waals surface area (Å²) in [5, 5.41) is 3.31. The number of rotatable bonds is 4. The van der Waals surface area contributed by atoms with Crippen LogP contribution >= 0.6 is 0 Å². The van der Waals surface area contributed by atoms with Crippen molar-refractivity contribution in [3.63, 3.8) is 0 Å². The fraction of sp³-hybridized carbons (Fsp3) is 0.583. The van der Waals surface area contributed by atoms with E-state index in [9.17, 15) is 8.42 Å². The third-order valence-corrected chi connectivity index (χ3v) is 5.16. The molecule has 1 aromatic heterocycles. The third-order valence-electron chi connectivity index (χ3n) is 3.25. The molecule has 1 atom stereocenters. The van der Waals surface area contributed by atoms with E-state index in [0.717, 1.165) is 5.56 Å². The van der Waals surface area contributed by atoms with Crippen LogP contribution in [0.3, 0.4) is 0 Å². The smallest absolute Gasteiger partial charge is 0.217 e. The molecule has 1 saturated heterocycles. The van der Waals surface area contributed by atoms with Crippen LogP contribution in [0.25, 0.3) is 0 Å². The molecule has 1 N–H and O–H groups in total. The summed E-state index contributed by atoms with van der Waals surface area (Å²) >= 11 is 0. The first-order valence-electron chi connectivity index (χ1n) is 5.87. The number of aromatic nitrogens is 1. The highest BCUT2D eigenvalue weighted by atomic mass is 32.2. The van der Waals surface area contributed by atoms with Crippen molar-refractivity contribution in [3.05, 3.63) is 23.9 Å². The van der Waals surface area contributed by atoms with E-state index >= 15 is 0 Å². The highest BCUT2D eigenvalue weighted by Crippen LogP contribution is 2.24. The van der Waals surface area contributed by atoms with E-state index in [1.54, 1.807) is 13.3 Å². The molecule has 6 heteroatoms. The van der Waals surface area contributed by atoms with Gasteiger partial charge < -0.3 is 10.1 Å². The second-order valence-electron chi connectivity index (χ2n) is 4.93. The predicted octanol–water partition coefficient (Wildman–Crippen LogP) is 0.757. The molecule has 0 spiro atoms. The molecule has 0 amide bonds. The summed E-state index contributed by atoms with van der Waals surface area (Å²) in [6, 6.07) is 3.76. The average Bonchev–Trinajstić information content (AvgIpc) is 2.62. The van der Waals surface area contributed by atoms with Gasteiger partial charge in [0.2, 0.25) is 5.88 Å². The number of hydrogen-bond acceptors (Lipinski definition) is 5. The molecule has 0 aliphatic carbocycles. The highest BCUT2D eigenvalue weighted by molar-refractivity contribution is 7.91. The Morgan fingerprint density at radius 3 is 2.94 bits per heavy atom. The van der Waals surface area contributed by atoms with Crippen molar-refractivity contribution in [2.75, 3.05) is 18.6 Å². The van der Waals surface area contributed by atoms with Crippen LogP contribution in [0.4, 0.5) is 0 Å². The molecule has 1 fully saturated rings. The van der Waals surface area contributed by atoms with Gasteiger partial charge in [-0.15, -0.1) is 0 Å². The lowest BCUT2D eigenvalue weighted by atomic mass is 10.0. The maximum absolute atomic E-state index is 11.5. The summed E-state index contributed by atoms with van der Waals surface area (Å²) in [5.41, 5.74) is 0.588. The monoisotopic (exact) mass is 270 g/mol. The fourth-order valence-corrected chi connectivity index (χ4v) is 4.32. The molecule has 0 bridgehead atoms. The Labute approximate surface area is 107 Å². The minimum atomic E-state index is -2.88. The summed E-state index contributed by atoms with van der Waals surface area (Å²) in [6.45, 7) is 2.50. The van der Waals surface area contributed by atoms with Crippen LogP contribution in [-0.2, 0) is 16.4 Å². The molecule has 0 radical (unpaired) electrons. The molecular formula is C12H18N2O3S. The predicted molar refractivity (Wildman–Crippen MR) is 69.3 cm³/mol. The van der Waals surface area contributed by atoms with Crippen LogP contribution in [0.15, 0.2) is 18.3 Å². The van der Waals surface area contributed by atoms with E-state index in [1.165, 1.54) is 0 Å². The minimum absolute atomic E-state index is 0.197. The Hall–Kier alpha value is -1.14. The maximum Gasteiger partial charge on any atom is 0.217 e. The number of nitrogens with zero attached hydrogens (tertiary/aromatic N) is 1. The standard InChI is InChI=1S/C12H18N2O3S/c1-12(5-7-18(15,16)9-12)14-8-10-4-3-6-13-11(10)17-2/h3-4,6,14H,5,7-9H2,1-2H3. The second-order valence-corrected chi connectivity index (χ2v) is 7.11. The van der Waals surface area contributed by atoms with Crippen molar-refractivity contribution >= 4 is 9.84 Å². The molecule has 0 aromatic carbocycles. The molecule has 18 heavy (non-hydrogen) atoms. The van der Waals surface area contributed by atoms with Crippen molar-refractivity contribution in [1.82, 2.24) is 10.3 Å². The van der Waals surface area contributed by atoms with Crippen LogP contribution in [0.1, 0.15) is 18.9 Å². The van der Waals surface area contributed by atoms with Gasteiger partial charge in [-0.25, -0.2) is 13.4 Å². The summed E-state index contributed by atoms with van der Waals surface area (Å²) in [5.74, 6) is 1.04. The Morgan fingerprint density at radius 2 is 2.33 bits per heavy atom. The first-order valence-corrected chi connectivity index (χ1v) is 7.70. The Bertz CT molecular complexity index is 530. The number of nitrogens with one attached hydrogen (secondary N) is 1. The van der Waals surface area contributed by atoms with Crippen molar-refractivity contribution in [2.24, 2.45) is 0 Å². The first-order chi connectivity index (χ1) is 8.44. The zero-order valence-corrected chi connectivity index (χ0v) is 11.5. The van der Waals surface area contributed by atoms with E-state index in [-0.39, 0.29) is 17.0 Å². The Balaban J connectivity index is 2.04. The van der Waals surface area contributed by atoms with Gasteiger partial charge in [0.1, 0.15) is 0 Å². The van der Waals surface area contributed by atoms with Crippen LogP contribution in [-0.4, -0.2) is 37.6 Å². The van der Waals surface area contributed by atoms with E-state index in [0.29, 0.717) is 18.8 Å². The lowest BCUT2D eigenvalue weighted by Gasteiger charge is -2.24. The summed E-state index contributed by atoms with van der Waals surface area (Å²) in [7, 11) is -1.31. The molecule has 100 valence electrons. The molecule has 5 nitrogen and oxygen atoms in total. The quantitative estimate of drug-likeness (QED) is 0.874. The maximum atomic E-state index is 11.5. The van der Waals surface area contributed by atoms with E-state index in [1.807, 2.05) is 19.1 Å². The second kappa shape index (κ2) is 4.85. The summed E-state index contributed by atoms with van der Waals surface area (Å²) in [6.07, 6.45) is 2.32. The van der Waals surface area contributed by atoms with E-state index in [2.05, 4.69) is 10.3 Å². The van der Waals surface area contributed by atoms with Crippen molar-refractivity contribution in [2.45, 2.75) is 25.4 Å². The van der Waals surface area contributed by atoms with Gasteiger partial charge >= 0.3 is 0 Å². The van der Waals surface area contributed by atoms with Crippen molar-refractivity contribution in [3.8, 4) is 5.88 Å².